The predicted octanol–water partition coefficient (Wildman–Crippen LogP) is 3.70. The van der Waals surface area contributed by atoms with Crippen molar-refractivity contribution in [3.63, 3.8) is 0 Å². The number of hydrogen-bond acceptors (Lipinski definition) is 2. The molecule has 1 aliphatic carbocycles. The molecule has 23 heavy (non-hydrogen) atoms. The summed E-state index contributed by atoms with van der Waals surface area (Å²) in [5, 5.41) is 6.14. The van der Waals surface area contributed by atoms with Gasteiger partial charge in [0.05, 0.1) is 11.8 Å². The highest BCUT2D eigenvalue weighted by Crippen LogP contribution is 2.43. The smallest absolute Gasteiger partial charge is 0.240 e. The molecule has 0 bridgehead atoms. The van der Waals surface area contributed by atoms with Gasteiger partial charge in [-0.25, -0.2) is 9.40 Å². The monoisotopic (exact) mass is 308 g/mol. The molecule has 2 aromatic rings. The number of fused-ring (bicyclic) bond motifs is 3. The van der Waals surface area contributed by atoms with Crippen molar-refractivity contribution in [2.45, 2.75) is 25.8 Å². The van der Waals surface area contributed by atoms with E-state index in [4.69, 9.17) is 0 Å². The first-order valence-electron chi connectivity index (χ1n) is 7.87. The molecule has 2 aromatic carbocycles. The van der Waals surface area contributed by atoms with Crippen LogP contribution in [0.1, 0.15) is 36.1 Å². The van der Waals surface area contributed by atoms with E-state index in [1.165, 1.54) is 29.6 Å². The predicted molar refractivity (Wildman–Crippen MR) is 86.5 cm³/mol. The van der Waals surface area contributed by atoms with Crippen LogP contribution in [0.25, 0.3) is 0 Å². The van der Waals surface area contributed by atoms with Crippen LogP contribution >= 0.6 is 0 Å². The molecule has 0 N–H and O–H groups in total. The number of carbonyl (C=O) groups excluding carboxylic acids is 1. The summed E-state index contributed by atoms with van der Waals surface area (Å²) in [5.74, 6) is -0.273. The summed E-state index contributed by atoms with van der Waals surface area (Å²) in [6.45, 7) is 1.51. The lowest BCUT2D eigenvalue weighted by molar-refractivity contribution is -0.131. The Bertz CT molecular complexity index is 815. The molecule has 0 saturated carbocycles. The van der Waals surface area contributed by atoms with Crippen LogP contribution in [0, 0.1) is 11.7 Å². The summed E-state index contributed by atoms with van der Waals surface area (Å²) in [4.78, 5) is 12.1. The third kappa shape index (κ3) is 2.25. The van der Waals surface area contributed by atoms with Crippen LogP contribution in [0.4, 0.5) is 4.39 Å². The molecule has 0 spiro atoms. The van der Waals surface area contributed by atoms with Crippen LogP contribution in [-0.2, 0) is 11.2 Å². The number of amides is 1. The van der Waals surface area contributed by atoms with Crippen molar-refractivity contribution in [1.82, 2.24) is 5.01 Å². The van der Waals surface area contributed by atoms with Crippen LogP contribution in [-0.4, -0.2) is 16.6 Å². The lowest BCUT2D eigenvalue weighted by Gasteiger charge is -2.29. The van der Waals surface area contributed by atoms with Gasteiger partial charge in [0.25, 0.3) is 0 Å². The van der Waals surface area contributed by atoms with Gasteiger partial charge < -0.3 is 0 Å². The molecule has 2 aliphatic rings. The molecular weight excluding hydrogens is 291 g/mol. The zero-order valence-corrected chi connectivity index (χ0v) is 12.9. The summed E-state index contributed by atoms with van der Waals surface area (Å²) in [6, 6.07) is 14.5. The third-order valence-electron chi connectivity index (χ3n) is 4.74. The number of benzene rings is 2. The number of hydrazone groups is 1. The molecule has 0 radical (unpaired) electrons. The van der Waals surface area contributed by atoms with Crippen LogP contribution in [0.3, 0.4) is 0 Å². The highest BCUT2D eigenvalue weighted by molar-refractivity contribution is 6.06. The normalized spacial score (nSPS) is 22.3. The Kier molecular flexibility index (Phi) is 3.26. The number of hydrogen-bond donors (Lipinski definition) is 0. The summed E-state index contributed by atoms with van der Waals surface area (Å²) in [7, 11) is 0. The molecular formula is C19H17FN2O. The molecule has 0 aromatic heterocycles. The summed E-state index contributed by atoms with van der Waals surface area (Å²) in [6.07, 6.45) is 1.87. The fraction of sp³-hybridized carbons (Fsp3) is 0.263. The summed E-state index contributed by atoms with van der Waals surface area (Å²) in [5.41, 5.74) is 4.15. The molecule has 2 atom stereocenters. The molecule has 0 saturated heterocycles. The van der Waals surface area contributed by atoms with Gasteiger partial charge in [-0.3, -0.25) is 4.79 Å². The van der Waals surface area contributed by atoms with Crippen molar-refractivity contribution >= 4 is 11.6 Å². The largest absolute Gasteiger partial charge is 0.273 e. The highest BCUT2D eigenvalue weighted by Gasteiger charge is 2.42. The quantitative estimate of drug-likeness (QED) is 0.790. The summed E-state index contributed by atoms with van der Waals surface area (Å²) < 4.78 is 13.7. The van der Waals surface area contributed by atoms with E-state index in [1.807, 2.05) is 18.2 Å². The lowest BCUT2D eigenvalue weighted by atomic mass is 9.77. The Labute approximate surface area is 134 Å². The van der Waals surface area contributed by atoms with Crippen molar-refractivity contribution in [2.24, 2.45) is 11.0 Å². The molecule has 3 nitrogen and oxygen atoms in total. The van der Waals surface area contributed by atoms with Gasteiger partial charge in [0.1, 0.15) is 5.82 Å². The van der Waals surface area contributed by atoms with E-state index in [0.29, 0.717) is 0 Å². The van der Waals surface area contributed by atoms with Gasteiger partial charge in [0.2, 0.25) is 5.91 Å². The standard InChI is InChI=1S/C19H17FN2O/c1-12(23)22-19(14-6-4-7-15(20)11-14)17-10-9-13-5-2-3-8-16(13)18(17)21-22/h2-8,11,17,19H,9-10H2,1H3/t17-,19+/m1/s1. The molecule has 0 fully saturated rings. The topological polar surface area (TPSA) is 32.7 Å². The van der Waals surface area contributed by atoms with Crippen molar-refractivity contribution in [2.75, 3.05) is 0 Å². The second kappa shape index (κ2) is 5.30. The zero-order valence-electron chi connectivity index (χ0n) is 12.9. The van der Waals surface area contributed by atoms with Crippen LogP contribution in [0.15, 0.2) is 53.6 Å². The van der Waals surface area contributed by atoms with Crippen LogP contribution in [0.2, 0.25) is 0 Å². The van der Waals surface area contributed by atoms with E-state index < -0.39 is 0 Å². The first-order chi connectivity index (χ1) is 11.1. The third-order valence-corrected chi connectivity index (χ3v) is 4.74. The van der Waals surface area contributed by atoms with Crippen LogP contribution < -0.4 is 0 Å². The van der Waals surface area contributed by atoms with E-state index >= 15 is 0 Å². The molecule has 1 heterocycles. The molecule has 1 amide bonds. The van der Waals surface area contributed by atoms with E-state index in [0.717, 1.165) is 29.7 Å². The average molecular weight is 308 g/mol. The minimum Gasteiger partial charge on any atom is -0.273 e. The molecule has 1 aliphatic heterocycles. The Morgan fingerprint density at radius 3 is 2.83 bits per heavy atom. The van der Waals surface area contributed by atoms with Gasteiger partial charge in [0, 0.05) is 18.4 Å². The fourth-order valence-electron chi connectivity index (χ4n) is 3.75. The minimum absolute atomic E-state index is 0.112. The van der Waals surface area contributed by atoms with Crippen molar-refractivity contribution < 1.29 is 9.18 Å². The Hall–Kier alpha value is -2.49. The first-order valence-corrected chi connectivity index (χ1v) is 7.87. The maximum Gasteiger partial charge on any atom is 0.240 e. The molecule has 0 unspecified atom stereocenters. The number of aryl methyl sites for hydroxylation is 1. The number of carbonyl (C=O) groups is 1. The van der Waals surface area contributed by atoms with Crippen LogP contribution in [0.5, 0.6) is 0 Å². The SMILES string of the molecule is CC(=O)N1N=C2c3ccccc3CC[C@H]2[C@@H]1c1cccc(F)c1. The Morgan fingerprint density at radius 2 is 2.04 bits per heavy atom. The van der Waals surface area contributed by atoms with E-state index in [2.05, 4.69) is 17.2 Å². The van der Waals surface area contributed by atoms with Gasteiger partial charge in [-0.2, -0.15) is 5.10 Å². The molecule has 116 valence electrons. The first kappa shape index (κ1) is 14.1. The zero-order chi connectivity index (χ0) is 16.0. The minimum atomic E-state index is -0.282. The van der Waals surface area contributed by atoms with Gasteiger partial charge in [-0.15, -0.1) is 0 Å². The highest BCUT2D eigenvalue weighted by atomic mass is 19.1. The Morgan fingerprint density at radius 1 is 1.22 bits per heavy atom. The van der Waals surface area contributed by atoms with E-state index in [-0.39, 0.29) is 23.7 Å². The Balaban J connectivity index is 1.82. The van der Waals surface area contributed by atoms with Gasteiger partial charge >= 0.3 is 0 Å². The molecule has 4 rings (SSSR count). The fourth-order valence-corrected chi connectivity index (χ4v) is 3.75. The van der Waals surface area contributed by atoms with Gasteiger partial charge in [-0.05, 0) is 36.1 Å². The number of halogens is 1. The van der Waals surface area contributed by atoms with Gasteiger partial charge in [0.15, 0.2) is 0 Å². The second-order valence-corrected chi connectivity index (χ2v) is 6.15. The van der Waals surface area contributed by atoms with Gasteiger partial charge in [-0.1, -0.05) is 36.4 Å². The van der Waals surface area contributed by atoms with E-state index in [1.54, 1.807) is 6.07 Å². The van der Waals surface area contributed by atoms with E-state index in [9.17, 15) is 9.18 Å². The maximum absolute atomic E-state index is 13.7. The lowest BCUT2D eigenvalue weighted by Crippen LogP contribution is -2.31. The molecule has 4 heteroatoms. The van der Waals surface area contributed by atoms with Crippen molar-refractivity contribution in [3.8, 4) is 0 Å². The average Bonchev–Trinajstić information content (AvgIpc) is 2.95. The second-order valence-electron chi connectivity index (χ2n) is 6.15. The summed E-state index contributed by atoms with van der Waals surface area (Å²) >= 11 is 0. The van der Waals surface area contributed by atoms with Crippen molar-refractivity contribution in [3.05, 3.63) is 71.0 Å². The number of nitrogens with zero attached hydrogens (tertiary/aromatic N) is 2. The van der Waals surface area contributed by atoms with Crippen molar-refractivity contribution in [1.29, 1.82) is 0 Å². The maximum atomic E-state index is 13.7. The number of rotatable bonds is 1.